The monoisotopic (exact) mass is 195 g/mol. The van der Waals surface area contributed by atoms with Crippen LogP contribution >= 0.6 is 0 Å². The molecular formula is C9H13NO2Si. The lowest BCUT2D eigenvalue weighted by Gasteiger charge is -2.20. The molecule has 0 saturated carbocycles. The van der Waals surface area contributed by atoms with Crippen LogP contribution in [0.5, 0.6) is 0 Å². The lowest BCUT2D eigenvalue weighted by molar-refractivity contribution is 0.254. The molecule has 0 radical (unpaired) electrons. The molecule has 0 amide bonds. The van der Waals surface area contributed by atoms with Gasteiger partial charge in [0.1, 0.15) is 0 Å². The minimum absolute atomic E-state index is 0.481. The minimum atomic E-state index is -1.66. The van der Waals surface area contributed by atoms with Crippen LogP contribution in [0, 0.1) is 11.3 Å². The van der Waals surface area contributed by atoms with Crippen LogP contribution in [0.4, 0.5) is 0 Å². The van der Waals surface area contributed by atoms with Crippen molar-refractivity contribution in [1.29, 1.82) is 5.26 Å². The molecule has 13 heavy (non-hydrogen) atoms. The Bertz CT molecular complexity index is 294. The zero-order chi connectivity index (χ0) is 9.90. The third-order valence-corrected chi connectivity index (χ3v) is 2.38. The van der Waals surface area contributed by atoms with E-state index in [0.717, 1.165) is 5.56 Å². The van der Waals surface area contributed by atoms with Crippen molar-refractivity contribution in [2.45, 2.75) is 25.7 Å². The van der Waals surface area contributed by atoms with Crippen molar-refractivity contribution in [3.8, 4) is 6.07 Å². The highest BCUT2D eigenvalue weighted by Crippen LogP contribution is 2.21. The van der Waals surface area contributed by atoms with Crippen molar-refractivity contribution in [3.05, 3.63) is 24.2 Å². The van der Waals surface area contributed by atoms with Crippen LogP contribution < -0.4 is 0 Å². The number of hydrogen-bond donors (Lipinski definition) is 0. The Kier molecular flexibility index (Phi) is 2.91. The molecule has 3 nitrogen and oxygen atoms in total. The van der Waals surface area contributed by atoms with Gasteiger partial charge in [-0.05, 0) is 25.7 Å². The van der Waals surface area contributed by atoms with Crippen molar-refractivity contribution in [1.82, 2.24) is 0 Å². The van der Waals surface area contributed by atoms with E-state index in [1.165, 1.54) is 0 Å². The Labute approximate surface area is 79.1 Å². The van der Waals surface area contributed by atoms with Gasteiger partial charge in [0.25, 0.3) is 0 Å². The molecule has 1 aromatic rings. The SMILES string of the molecule is C[Si](C)(C)OC(C#N)c1ccoc1. The summed E-state index contributed by atoms with van der Waals surface area (Å²) in [6.45, 7) is 6.16. The van der Waals surface area contributed by atoms with Gasteiger partial charge in [-0.25, -0.2) is 0 Å². The molecule has 0 saturated heterocycles. The Balaban J connectivity index is 2.72. The molecule has 1 heterocycles. The van der Waals surface area contributed by atoms with Crippen LogP contribution in [0.15, 0.2) is 23.0 Å². The zero-order valence-electron chi connectivity index (χ0n) is 8.07. The van der Waals surface area contributed by atoms with Crippen molar-refractivity contribution in [2.24, 2.45) is 0 Å². The fourth-order valence-electron chi connectivity index (χ4n) is 0.947. The second-order valence-corrected chi connectivity index (χ2v) is 8.26. The second-order valence-electron chi connectivity index (χ2n) is 3.80. The number of rotatable bonds is 3. The van der Waals surface area contributed by atoms with Gasteiger partial charge in [-0.2, -0.15) is 5.26 Å². The first-order valence-corrected chi connectivity index (χ1v) is 7.53. The summed E-state index contributed by atoms with van der Waals surface area (Å²) in [5, 5.41) is 8.87. The van der Waals surface area contributed by atoms with Crippen LogP contribution in [0.25, 0.3) is 0 Å². The first-order valence-electron chi connectivity index (χ1n) is 4.12. The summed E-state index contributed by atoms with van der Waals surface area (Å²) in [7, 11) is -1.66. The van der Waals surface area contributed by atoms with Crippen molar-refractivity contribution in [2.75, 3.05) is 0 Å². The molecule has 0 spiro atoms. The largest absolute Gasteiger partial charge is 0.472 e. The first kappa shape index (κ1) is 10.0. The van der Waals surface area contributed by atoms with Gasteiger partial charge in [-0.1, -0.05) is 0 Å². The summed E-state index contributed by atoms with van der Waals surface area (Å²) >= 11 is 0. The van der Waals surface area contributed by atoms with E-state index in [-0.39, 0.29) is 0 Å². The van der Waals surface area contributed by atoms with Gasteiger partial charge < -0.3 is 8.84 Å². The molecule has 1 atom stereocenters. The lowest BCUT2D eigenvalue weighted by atomic mass is 10.2. The Morgan fingerprint density at radius 1 is 1.54 bits per heavy atom. The highest BCUT2D eigenvalue weighted by atomic mass is 28.4. The molecule has 0 fully saturated rings. The van der Waals surface area contributed by atoms with Crippen molar-refractivity contribution < 1.29 is 8.84 Å². The summed E-state index contributed by atoms with van der Waals surface area (Å²) < 4.78 is 10.5. The molecule has 0 aromatic carbocycles. The van der Waals surface area contributed by atoms with Crippen LogP contribution in [0.1, 0.15) is 11.7 Å². The molecule has 0 aliphatic rings. The highest BCUT2D eigenvalue weighted by molar-refractivity contribution is 6.69. The van der Waals surface area contributed by atoms with E-state index in [1.54, 1.807) is 18.6 Å². The number of nitriles is 1. The molecule has 70 valence electrons. The van der Waals surface area contributed by atoms with Crippen LogP contribution in [-0.2, 0) is 4.43 Å². The molecule has 4 heteroatoms. The van der Waals surface area contributed by atoms with Gasteiger partial charge in [0, 0.05) is 5.56 Å². The van der Waals surface area contributed by atoms with Crippen molar-refractivity contribution in [3.63, 3.8) is 0 Å². The molecule has 1 aromatic heterocycles. The number of hydrogen-bond acceptors (Lipinski definition) is 3. The number of furan rings is 1. The van der Waals surface area contributed by atoms with Gasteiger partial charge in [0.15, 0.2) is 14.4 Å². The minimum Gasteiger partial charge on any atom is -0.472 e. The van der Waals surface area contributed by atoms with E-state index in [0.29, 0.717) is 0 Å². The fraction of sp³-hybridized carbons (Fsp3) is 0.444. The van der Waals surface area contributed by atoms with Crippen LogP contribution in [0.2, 0.25) is 19.6 Å². The maximum atomic E-state index is 8.87. The smallest absolute Gasteiger partial charge is 0.186 e. The van der Waals surface area contributed by atoms with E-state index in [1.807, 2.05) is 0 Å². The lowest BCUT2D eigenvalue weighted by Crippen LogP contribution is -2.27. The van der Waals surface area contributed by atoms with Gasteiger partial charge in [-0.15, -0.1) is 0 Å². The van der Waals surface area contributed by atoms with Crippen LogP contribution in [-0.4, -0.2) is 8.32 Å². The van der Waals surface area contributed by atoms with E-state index >= 15 is 0 Å². The zero-order valence-corrected chi connectivity index (χ0v) is 9.07. The number of nitrogens with zero attached hydrogens (tertiary/aromatic N) is 1. The molecule has 1 rings (SSSR count). The summed E-state index contributed by atoms with van der Waals surface area (Å²) in [5.41, 5.74) is 0.796. The molecule has 0 N–H and O–H groups in total. The molecular weight excluding hydrogens is 182 g/mol. The maximum Gasteiger partial charge on any atom is 0.186 e. The quantitative estimate of drug-likeness (QED) is 0.697. The van der Waals surface area contributed by atoms with Crippen molar-refractivity contribution >= 4 is 8.32 Å². The average molecular weight is 195 g/mol. The van der Waals surface area contributed by atoms with Gasteiger partial charge in [0.05, 0.1) is 18.6 Å². The average Bonchev–Trinajstić information content (AvgIpc) is 2.50. The second kappa shape index (κ2) is 3.77. The standard InChI is InChI=1S/C9H13NO2Si/c1-13(2,3)12-9(6-10)8-4-5-11-7-8/h4-5,7,9H,1-3H3. The molecule has 0 aliphatic carbocycles. The van der Waals surface area contributed by atoms with E-state index in [2.05, 4.69) is 25.7 Å². The summed E-state index contributed by atoms with van der Waals surface area (Å²) in [6, 6.07) is 3.87. The van der Waals surface area contributed by atoms with E-state index in [9.17, 15) is 0 Å². The van der Waals surface area contributed by atoms with Gasteiger partial charge >= 0.3 is 0 Å². The molecule has 0 bridgehead atoms. The normalized spacial score (nSPS) is 13.7. The topological polar surface area (TPSA) is 46.2 Å². The fourth-order valence-corrected chi connectivity index (χ4v) is 1.84. The third kappa shape index (κ3) is 3.05. The summed E-state index contributed by atoms with van der Waals surface area (Å²) in [4.78, 5) is 0. The maximum absolute atomic E-state index is 8.87. The van der Waals surface area contributed by atoms with E-state index < -0.39 is 14.4 Å². The van der Waals surface area contributed by atoms with Gasteiger partial charge in [-0.3, -0.25) is 0 Å². The predicted molar refractivity (Wildman–Crippen MR) is 51.5 cm³/mol. The molecule has 0 aliphatic heterocycles. The van der Waals surface area contributed by atoms with E-state index in [4.69, 9.17) is 14.1 Å². The summed E-state index contributed by atoms with van der Waals surface area (Å²) in [6.07, 6.45) is 2.62. The predicted octanol–water partition coefficient (Wildman–Crippen LogP) is 2.70. The summed E-state index contributed by atoms with van der Waals surface area (Å²) in [5.74, 6) is 0. The highest BCUT2D eigenvalue weighted by Gasteiger charge is 2.22. The Morgan fingerprint density at radius 3 is 2.62 bits per heavy atom. The van der Waals surface area contributed by atoms with Gasteiger partial charge in [0.2, 0.25) is 0 Å². The third-order valence-electron chi connectivity index (χ3n) is 1.43. The Morgan fingerprint density at radius 2 is 2.23 bits per heavy atom. The molecule has 1 unspecified atom stereocenters. The first-order chi connectivity index (χ1) is 6.03. The Hall–Kier alpha value is -1.05. The van der Waals surface area contributed by atoms with Crippen LogP contribution in [0.3, 0.4) is 0 Å².